The summed E-state index contributed by atoms with van der Waals surface area (Å²) in [5.41, 5.74) is 9.68. The monoisotopic (exact) mass is 484 g/mol. The van der Waals surface area contributed by atoms with Crippen molar-refractivity contribution in [1.82, 2.24) is 9.97 Å². The molecule has 2 heterocycles. The summed E-state index contributed by atoms with van der Waals surface area (Å²) in [5.74, 6) is 0.279. The summed E-state index contributed by atoms with van der Waals surface area (Å²) in [7, 11) is 1.61. The van der Waals surface area contributed by atoms with Crippen molar-refractivity contribution in [2.24, 2.45) is 0 Å². The average Bonchev–Trinajstić information content (AvgIpc) is 2.88. The number of hydrogen-bond donors (Lipinski definition) is 2. The molecule has 0 saturated carbocycles. The van der Waals surface area contributed by atoms with Gasteiger partial charge in [-0.2, -0.15) is 4.98 Å². The Labute approximate surface area is 207 Å². The lowest BCUT2D eigenvalue weighted by molar-refractivity contribution is 0.102. The minimum Gasteiger partial charge on any atom is -0.368 e. The molecule has 3 amide bonds. The maximum Gasteiger partial charge on any atom is 0.330 e. The number of halogens is 1. The highest BCUT2D eigenvalue weighted by Crippen LogP contribution is 2.35. The number of fused-ring (bicyclic) bond motifs is 1. The van der Waals surface area contributed by atoms with Crippen LogP contribution in [-0.2, 0) is 6.54 Å². The molecule has 0 radical (unpaired) electrons. The van der Waals surface area contributed by atoms with Crippen molar-refractivity contribution in [2.45, 2.75) is 6.54 Å². The summed E-state index contributed by atoms with van der Waals surface area (Å²) in [6.07, 6.45) is 1.59. The Morgan fingerprint density at radius 1 is 1.06 bits per heavy atom. The lowest BCUT2D eigenvalue weighted by atomic mass is 9.99. The van der Waals surface area contributed by atoms with Gasteiger partial charge >= 0.3 is 6.03 Å². The van der Waals surface area contributed by atoms with Crippen LogP contribution in [0.4, 0.5) is 27.9 Å². The topological polar surface area (TPSA) is 104 Å². The summed E-state index contributed by atoms with van der Waals surface area (Å²) in [4.78, 5) is 37.5. The van der Waals surface area contributed by atoms with Crippen molar-refractivity contribution in [1.29, 1.82) is 0 Å². The largest absolute Gasteiger partial charge is 0.368 e. The summed E-state index contributed by atoms with van der Waals surface area (Å²) in [6, 6.07) is 21.8. The molecule has 9 heteroatoms. The van der Waals surface area contributed by atoms with Gasteiger partial charge < -0.3 is 11.1 Å². The van der Waals surface area contributed by atoms with E-state index in [1.54, 1.807) is 37.5 Å². The molecule has 8 nitrogen and oxygen atoms in total. The Balaban J connectivity index is 1.45. The molecule has 0 aliphatic carbocycles. The molecule has 1 aliphatic heterocycles. The molecule has 1 aliphatic rings. The van der Waals surface area contributed by atoms with Gasteiger partial charge in [-0.25, -0.2) is 9.78 Å². The van der Waals surface area contributed by atoms with Crippen molar-refractivity contribution in [3.8, 4) is 11.1 Å². The molecule has 0 atom stereocenters. The Bertz CT molecular complexity index is 1440. The number of carbonyl (C=O) groups excluding carboxylic acids is 2. The Morgan fingerprint density at radius 2 is 1.80 bits per heavy atom. The number of anilines is 4. The van der Waals surface area contributed by atoms with E-state index in [2.05, 4.69) is 15.3 Å². The highest BCUT2D eigenvalue weighted by Gasteiger charge is 2.31. The van der Waals surface area contributed by atoms with Crippen molar-refractivity contribution < 1.29 is 9.59 Å². The van der Waals surface area contributed by atoms with Gasteiger partial charge in [-0.1, -0.05) is 60.1 Å². The summed E-state index contributed by atoms with van der Waals surface area (Å²) < 4.78 is 0. The van der Waals surface area contributed by atoms with Crippen LogP contribution < -0.4 is 20.9 Å². The zero-order valence-electron chi connectivity index (χ0n) is 18.8. The van der Waals surface area contributed by atoms with Gasteiger partial charge in [0.1, 0.15) is 5.82 Å². The molecule has 174 valence electrons. The van der Waals surface area contributed by atoms with Crippen LogP contribution in [0.15, 0.2) is 79.0 Å². The molecule has 0 unspecified atom stereocenters. The molecule has 4 aromatic rings. The second-order valence-electron chi connectivity index (χ2n) is 8.04. The summed E-state index contributed by atoms with van der Waals surface area (Å²) in [5, 5.41) is 3.31. The molecule has 3 aromatic carbocycles. The first-order valence-electron chi connectivity index (χ1n) is 10.8. The maximum atomic E-state index is 13.2. The van der Waals surface area contributed by atoms with E-state index in [0.29, 0.717) is 27.8 Å². The fraction of sp³-hybridized carbons (Fsp3) is 0.0769. The molecule has 0 spiro atoms. The van der Waals surface area contributed by atoms with E-state index >= 15 is 0 Å². The average molecular weight is 485 g/mol. The third-order valence-electron chi connectivity index (χ3n) is 5.78. The third kappa shape index (κ3) is 4.27. The smallest absolute Gasteiger partial charge is 0.330 e. The number of aromatic nitrogens is 2. The SMILES string of the molecule is CN1C(=O)N(c2cc(NC(=O)c3ccccc3-c3ccccc3)ccc2Cl)Cc2cnc(N)nc21. The highest BCUT2D eigenvalue weighted by atomic mass is 35.5. The number of nitrogens with zero attached hydrogens (tertiary/aromatic N) is 4. The third-order valence-corrected chi connectivity index (χ3v) is 6.10. The maximum absolute atomic E-state index is 13.2. The predicted molar refractivity (Wildman–Crippen MR) is 138 cm³/mol. The fourth-order valence-electron chi connectivity index (χ4n) is 4.06. The van der Waals surface area contributed by atoms with E-state index in [0.717, 1.165) is 16.7 Å². The highest BCUT2D eigenvalue weighted by molar-refractivity contribution is 6.34. The minimum absolute atomic E-state index is 0.0929. The molecular weight excluding hydrogens is 464 g/mol. The quantitative estimate of drug-likeness (QED) is 0.414. The first kappa shape index (κ1) is 22.4. The number of hydrogen-bond acceptors (Lipinski definition) is 5. The first-order chi connectivity index (χ1) is 16.9. The lowest BCUT2D eigenvalue weighted by Crippen LogP contribution is -2.46. The van der Waals surface area contributed by atoms with Gasteiger partial charge in [0.15, 0.2) is 0 Å². The molecule has 1 aromatic heterocycles. The number of rotatable bonds is 4. The van der Waals surface area contributed by atoms with E-state index in [1.807, 2.05) is 48.5 Å². The van der Waals surface area contributed by atoms with E-state index in [-0.39, 0.29) is 24.4 Å². The molecule has 35 heavy (non-hydrogen) atoms. The van der Waals surface area contributed by atoms with Gasteiger partial charge in [-0.05, 0) is 35.4 Å². The second kappa shape index (κ2) is 9.08. The van der Waals surface area contributed by atoms with Crippen LogP contribution >= 0.6 is 11.6 Å². The molecule has 0 saturated heterocycles. The number of nitrogens with one attached hydrogen (secondary N) is 1. The number of urea groups is 1. The predicted octanol–water partition coefficient (Wildman–Crippen LogP) is 5.21. The van der Waals surface area contributed by atoms with Gasteiger partial charge in [0.05, 0.1) is 17.3 Å². The Hall–Kier alpha value is -4.43. The van der Waals surface area contributed by atoms with Gasteiger partial charge in [0.25, 0.3) is 5.91 Å². The zero-order valence-corrected chi connectivity index (χ0v) is 19.5. The minimum atomic E-state index is -0.324. The van der Waals surface area contributed by atoms with Crippen molar-refractivity contribution in [3.63, 3.8) is 0 Å². The lowest BCUT2D eigenvalue weighted by Gasteiger charge is -2.34. The van der Waals surface area contributed by atoms with E-state index < -0.39 is 0 Å². The van der Waals surface area contributed by atoms with Crippen LogP contribution in [0.25, 0.3) is 11.1 Å². The van der Waals surface area contributed by atoms with Crippen LogP contribution in [0.1, 0.15) is 15.9 Å². The molecule has 5 rings (SSSR count). The number of nitrogens with two attached hydrogens (primary N) is 1. The Morgan fingerprint density at radius 3 is 2.60 bits per heavy atom. The van der Waals surface area contributed by atoms with Gasteiger partial charge in [0.2, 0.25) is 5.95 Å². The van der Waals surface area contributed by atoms with Crippen LogP contribution in [0.3, 0.4) is 0 Å². The van der Waals surface area contributed by atoms with Crippen LogP contribution in [0.2, 0.25) is 5.02 Å². The zero-order chi connectivity index (χ0) is 24.5. The molecular formula is C26H21ClN6O2. The van der Waals surface area contributed by atoms with E-state index in [9.17, 15) is 9.59 Å². The van der Waals surface area contributed by atoms with Crippen LogP contribution in [-0.4, -0.2) is 29.0 Å². The van der Waals surface area contributed by atoms with Gasteiger partial charge in [-0.15, -0.1) is 0 Å². The van der Waals surface area contributed by atoms with E-state index in [4.69, 9.17) is 17.3 Å². The molecule has 3 N–H and O–H groups in total. The number of carbonyl (C=O) groups is 2. The second-order valence-corrected chi connectivity index (χ2v) is 8.44. The normalized spacial score (nSPS) is 12.9. The molecule has 0 bridgehead atoms. The van der Waals surface area contributed by atoms with Crippen molar-refractivity contribution in [3.05, 3.63) is 95.1 Å². The number of benzene rings is 3. The van der Waals surface area contributed by atoms with Crippen LogP contribution in [0, 0.1) is 0 Å². The van der Waals surface area contributed by atoms with E-state index in [1.165, 1.54) is 9.80 Å². The fourth-order valence-corrected chi connectivity index (χ4v) is 4.28. The standard InChI is InChI=1S/C26H21ClN6O2/c1-32-23-17(14-29-25(28)31-23)15-33(26(32)35)22-13-18(11-12-21(22)27)30-24(34)20-10-6-5-9-19(20)16-7-3-2-4-8-16/h2-14H,15H2,1H3,(H,30,34)(H2,28,29,31). The van der Waals surface area contributed by atoms with Gasteiger partial charge in [-0.3, -0.25) is 14.6 Å². The first-order valence-corrected chi connectivity index (χ1v) is 11.2. The number of amides is 3. The van der Waals surface area contributed by atoms with Crippen molar-refractivity contribution >= 4 is 46.7 Å². The Kier molecular flexibility index (Phi) is 5.80. The van der Waals surface area contributed by atoms with Crippen molar-refractivity contribution in [2.75, 3.05) is 27.9 Å². The summed E-state index contributed by atoms with van der Waals surface area (Å²) >= 11 is 6.48. The summed E-state index contributed by atoms with van der Waals surface area (Å²) in [6.45, 7) is 0.215. The van der Waals surface area contributed by atoms with Crippen LogP contribution in [0.5, 0.6) is 0 Å². The van der Waals surface area contributed by atoms with Gasteiger partial charge in [0, 0.05) is 30.1 Å². The molecule has 0 fully saturated rings. The number of nitrogen functional groups attached to an aromatic ring is 1.